The van der Waals surface area contributed by atoms with Gasteiger partial charge >= 0.3 is 0 Å². The predicted octanol–water partition coefficient (Wildman–Crippen LogP) is 2.41. The number of amides is 1. The largest absolute Gasteiger partial charge is 0.497 e. The molecule has 0 unspecified atom stereocenters. The molecule has 0 radical (unpaired) electrons. The summed E-state index contributed by atoms with van der Waals surface area (Å²) >= 11 is 0. The van der Waals surface area contributed by atoms with Crippen molar-refractivity contribution in [2.24, 2.45) is 0 Å². The smallest absolute Gasteiger partial charge is 0.257 e. The zero-order chi connectivity index (χ0) is 17.4. The van der Waals surface area contributed by atoms with E-state index in [0.29, 0.717) is 35.9 Å². The van der Waals surface area contributed by atoms with Crippen molar-refractivity contribution >= 4 is 17.3 Å². The molecule has 1 heterocycles. The van der Waals surface area contributed by atoms with Crippen LogP contribution < -0.4 is 20.1 Å². The number of anilines is 2. The number of benzene rings is 1. The van der Waals surface area contributed by atoms with E-state index in [1.165, 1.54) is 6.20 Å². The number of nitrogens with one attached hydrogen (secondary N) is 2. The second-order valence-corrected chi connectivity index (χ2v) is 4.90. The van der Waals surface area contributed by atoms with Crippen molar-refractivity contribution in [2.75, 3.05) is 45.1 Å². The molecule has 24 heavy (non-hydrogen) atoms. The molecule has 0 aliphatic carbocycles. The first-order chi connectivity index (χ1) is 11.7. The van der Waals surface area contributed by atoms with Gasteiger partial charge in [0.1, 0.15) is 11.5 Å². The van der Waals surface area contributed by atoms with Crippen LogP contribution in [0.1, 0.15) is 10.4 Å². The summed E-state index contributed by atoms with van der Waals surface area (Å²) in [5.74, 6) is 0.884. The monoisotopic (exact) mass is 331 g/mol. The fraction of sp³-hybridized carbons (Fsp3) is 0.294. The zero-order valence-corrected chi connectivity index (χ0v) is 14.0. The van der Waals surface area contributed by atoms with Crippen molar-refractivity contribution < 1.29 is 19.0 Å². The van der Waals surface area contributed by atoms with E-state index in [1.807, 2.05) is 0 Å². The molecule has 2 rings (SSSR count). The molecule has 2 aromatic rings. The van der Waals surface area contributed by atoms with Gasteiger partial charge < -0.3 is 24.8 Å². The number of ether oxygens (including phenoxy) is 3. The van der Waals surface area contributed by atoms with E-state index >= 15 is 0 Å². The maximum atomic E-state index is 12.5. The first-order valence-corrected chi connectivity index (χ1v) is 7.39. The zero-order valence-electron chi connectivity index (χ0n) is 14.0. The Kier molecular flexibility index (Phi) is 6.39. The molecular weight excluding hydrogens is 310 g/mol. The maximum absolute atomic E-state index is 12.5. The molecule has 0 bridgehead atoms. The molecule has 0 fully saturated rings. The van der Waals surface area contributed by atoms with Crippen LogP contribution in [-0.2, 0) is 4.74 Å². The third-order valence-corrected chi connectivity index (χ3v) is 3.29. The number of rotatable bonds is 8. The number of hydrogen-bond donors (Lipinski definition) is 2. The Bertz CT molecular complexity index is 691. The average Bonchev–Trinajstić information content (AvgIpc) is 2.62. The fourth-order valence-corrected chi connectivity index (χ4v) is 2.06. The van der Waals surface area contributed by atoms with Crippen LogP contribution in [0.15, 0.2) is 36.7 Å². The Hall–Kier alpha value is -2.80. The van der Waals surface area contributed by atoms with E-state index in [4.69, 9.17) is 14.2 Å². The van der Waals surface area contributed by atoms with Crippen LogP contribution in [0.5, 0.6) is 11.5 Å². The van der Waals surface area contributed by atoms with E-state index in [0.717, 1.165) is 5.69 Å². The molecular formula is C17H21N3O4. The molecule has 7 nitrogen and oxygen atoms in total. The predicted molar refractivity (Wildman–Crippen MR) is 92.1 cm³/mol. The minimum Gasteiger partial charge on any atom is -0.497 e. The van der Waals surface area contributed by atoms with Gasteiger partial charge in [0, 0.05) is 32.1 Å². The van der Waals surface area contributed by atoms with Gasteiger partial charge in [-0.25, -0.2) is 0 Å². The highest BCUT2D eigenvalue weighted by Gasteiger charge is 2.12. The lowest BCUT2D eigenvalue weighted by molar-refractivity contribution is 0.102. The van der Waals surface area contributed by atoms with Gasteiger partial charge in [-0.15, -0.1) is 0 Å². The number of nitrogens with zero attached hydrogens (tertiary/aromatic N) is 1. The van der Waals surface area contributed by atoms with Gasteiger partial charge in [-0.1, -0.05) is 0 Å². The second kappa shape index (κ2) is 8.73. The number of carbonyl (C=O) groups is 1. The Labute approximate surface area is 140 Å². The van der Waals surface area contributed by atoms with Crippen molar-refractivity contribution in [2.45, 2.75) is 0 Å². The van der Waals surface area contributed by atoms with E-state index in [1.54, 1.807) is 51.8 Å². The van der Waals surface area contributed by atoms with Gasteiger partial charge in [-0.05, 0) is 18.2 Å². The summed E-state index contributed by atoms with van der Waals surface area (Å²) in [6, 6.07) is 6.92. The van der Waals surface area contributed by atoms with Crippen molar-refractivity contribution in [1.29, 1.82) is 0 Å². The summed E-state index contributed by atoms with van der Waals surface area (Å²) in [6.45, 7) is 1.20. The van der Waals surface area contributed by atoms with E-state index in [-0.39, 0.29) is 5.91 Å². The third kappa shape index (κ3) is 4.60. The van der Waals surface area contributed by atoms with Gasteiger partial charge in [-0.2, -0.15) is 0 Å². The molecule has 7 heteroatoms. The van der Waals surface area contributed by atoms with Crippen LogP contribution in [0.3, 0.4) is 0 Å². The molecule has 1 aromatic carbocycles. The highest BCUT2D eigenvalue weighted by atomic mass is 16.5. The van der Waals surface area contributed by atoms with E-state index in [2.05, 4.69) is 15.6 Å². The van der Waals surface area contributed by atoms with Crippen LogP contribution in [0.4, 0.5) is 11.4 Å². The third-order valence-electron chi connectivity index (χ3n) is 3.29. The summed E-state index contributed by atoms with van der Waals surface area (Å²) in [6.07, 6.45) is 3.15. The fourth-order valence-electron chi connectivity index (χ4n) is 2.06. The quantitative estimate of drug-likeness (QED) is 0.723. The highest BCUT2D eigenvalue weighted by molar-refractivity contribution is 6.05. The van der Waals surface area contributed by atoms with E-state index < -0.39 is 0 Å². The molecule has 0 saturated carbocycles. The minimum atomic E-state index is -0.288. The molecule has 0 aliphatic rings. The van der Waals surface area contributed by atoms with Crippen LogP contribution in [0, 0.1) is 0 Å². The summed E-state index contributed by atoms with van der Waals surface area (Å²) in [7, 11) is 4.73. The Balaban J connectivity index is 2.13. The van der Waals surface area contributed by atoms with Crippen LogP contribution in [-0.4, -0.2) is 45.4 Å². The molecule has 0 spiro atoms. The number of hydrogen-bond acceptors (Lipinski definition) is 6. The first-order valence-electron chi connectivity index (χ1n) is 7.39. The van der Waals surface area contributed by atoms with Crippen molar-refractivity contribution in [3.8, 4) is 11.5 Å². The SMILES string of the molecule is COCCNc1cncc(C(=O)Nc2cc(OC)ccc2OC)c1. The normalized spacial score (nSPS) is 10.1. The molecule has 0 atom stereocenters. The number of pyridine rings is 1. The van der Waals surface area contributed by atoms with Gasteiger partial charge in [0.2, 0.25) is 0 Å². The second-order valence-electron chi connectivity index (χ2n) is 4.90. The summed E-state index contributed by atoms with van der Waals surface area (Å²) in [4.78, 5) is 16.5. The maximum Gasteiger partial charge on any atom is 0.257 e. The van der Waals surface area contributed by atoms with Gasteiger partial charge in [-0.3, -0.25) is 9.78 Å². The standard InChI is InChI=1S/C17H21N3O4/c1-22-7-6-19-13-8-12(10-18-11-13)17(21)20-15-9-14(23-2)4-5-16(15)24-3/h4-5,8-11,19H,6-7H2,1-3H3,(H,20,21). The van der Waals surface area contributed by atoms with Crippen LogP contribution in [0.25, 0.3) is 0 Å². The number of methoxy groups -OCH3 is 3. The number of aromatic nitrogens is 1. The first kappa shape index (κ1) is 17.6. The Morgan fingerprint density at radius 3 is 2.67 bits per heavy atom. The Morgan fingerprint density at radius 1 is 1.12 bits per heavy atom. The topological polar surface area (TPSA) is 81.7 Å². The summed E-state index contributed by atoms with van der Waals surface area (Å²) < 4.78 is 15.4. The lowest BCUT2D eigenvalue weighted by Gasteiger charge is -2.12. The van der Waals surface area contributed by atoms with Crippen molar-refractivity contribution in [3.05, 3.63) is 42.2 Å². The highest BCUT2D eigenvalue weighted by Crippen LogP contribution is 2.29. The van der Waals surface area contributed by atoms with Gasteiger partial charge in [0.15, 0.2) is 0 Å². The van der Waals surface area contributed by atoms with Crippen LogP contribution in [0.2, 0.25) is 0 Å². The van der Waals surface area contributed by atoms with Crippen molar-refractivity contribution in [1.82, 2.24) is 4.98 Å². The van der Waals surface area contributed by atoms with E-state index in [9.17, 15) is 4.79 Å². The summed E-state index contributed by atoms with van der Waals surface area (Å²) in [5.41, 5.74) is 1.71. The lowest BCUT2D eigenvalue weighted by Crippen LogP contribution is -2.14. The molecule has 0 aliphatic heterocycles. The molecule has 128 valence electrons. The molecule has 0 saturated heterocycles. The molecule has 1 aromatic heterocycles. The van der Waals surface area contributed by atoms with Crippen LogP contribution >= 0.6 is 0 Å². The molecule has 2 N–H and O–H groups in total. The minimum absolute atomic E-state index is 0.288. The Morgan fingerprint density at radius 2 is 1.96 bits per heavy atom. The van der Waals surface area contributed by atoms with Crippen molar-refractivity contribution in [3.63, 3.8) is 0 Å². The van der Waals surface area contributed by atoms with Gasteiger partial charge in [0.25, 0.3) is 5.91 Å². The summed E-state index contributed by atoms with van der Waals surface area (Å²) in [5, 5.41) is 5.94. The van der Waals surface area contributed by atoms with Gasteiger partial charge in [0.05, 0.1) is 37.8 Å². The molecule has 1 amide bonds. The lowest BCUT2D eigenvalue weighted by atomic mass is 10.2. The number of carbonyl (C=O) groups excluding carboxylic acids is 1. The average molecular weight is 331 g/mol.